The van der Waals surface area contributed by atoms with Crippen LogP contribution in [0.3, 0.4) is 0 Å². The number of aliphatic hydroxyl groups is 4. The predicted octanol–water partition coefficient (Wildman–Crippen LogP) is -0.764. The van der Waals surface area contributed by atoms with Crippen molar-refractivity contribution in [2.75, 3.05) is 19.8 Å². The van der Waals surface area contributed by atoms with E-state index in [-0.39, 0.29) is 6.61 Å². The van der Waals surface area contributed by atoms with Gasteiger partial charge in [0.25, 0.3) is 0 Å². The molecule has 2 saturated heterocycles. The summed E-state index contributed by atoms with van der Waals surface area (Å²) in [5.74, 6) is -3.49. The number of carboxylic acid groups (broad SMARTS) is 1. The Labute approximate surface area is 302 Å². The van der Waals surface area contributed by atoms with Gasteiger partial charge in [0.15, 0.2) is 24.8 Å². The van der Waals surface area contributed by atoms with Crippen LogP contribution in [-0.2, 0) is 46.9 Å². The minimum Gasteiger partial charge on any atom is -0.479 e. The number of carbonyl (C=O) groups excluding carboxylic acids is 2. The highest BCUT2D eigenvalue weighted by Crippen LogP contribution is 2.47. The Morgan fingerprint density at radius 3 is 2.10 bits per heavy atom. The number of nitrogens with two attached hydrogens (primary N) is 2. The molecule has 0 saturated carbocycles. The van der Waals surface area contributed by atoms with Crippen LogP contribution < -0.4 is 16.8 Å². The molecule has 2 heterocycles. The van der Waals surface area contributed by atoms with E-state index in [1.54, 1.807) is 6.08 Å². The highest BCUT2D eigenvalue weighted by molar-refractivity contribution is 7.47. The average molecular weight is 768 g/mol. The fourth-order valence-corrected chi connectivity index (χ4v) is 6.08. The summed E-state index contributed by atoms with van der Waals surface area (Å²) in [5, 5.41) is 53.5. The Kier molecular flexibility index (Phi) is 18.7. The second-order valence-electron chi connectivity index (χ2n) is 12.9. The van der Waals surface area contributed by atoms with Gasteiger partial charge in [0.2, 0.25) is 11.8 Å². The molecule has 0 bridgehead atoms. The van der Waals surface area contributed by atoms with Gasteiger partial charge < -0.3 is 66.2 Å². The van der Waals surface area contributed by atoms with Crippen LogP contribution in [0.15, 0.2) is 34.9 Å². The predicted molar refractivity (Wildman–Crippen MR) is 182 cm³/mol. The molecule has 2 aliphatic heterocycles. The van der Waals surface area contributed by atoms with Crippen LogP contribution in [0, 0.1) is 0 Å². The van der Waals surface area contributed by atoms with Gasteiger partial charge >= 0.3 is 13.8 Å². The normalized spacial score (nSPS) is 31.7. The van der Waals surface area contributed by atoms with Crippen molar-refractivity contribution in [3.05, 3.63) is 34.9 Å². The summed E-state index contributed by atoms with van der Waals surface area (Å²) in [6.45, 7) is 7.17. The van der Waals surface area contributed by atoms with Gasteiger partial charge in [-0.25, -0.2) is 9.36 Å². The molecule has 2 rings (SSSR count). The van der Waals surface area contributed by atoms with Crippen molar-refractivity contribution < 1.29 is 77.4 Å². The first-order valence-corrected chi connectivity index (χ1v) is 18.2. The molecule has 11 N–H and O–H groups in total. The van der Waals surface area contributed by atoms with E-state index in [1.165, 1.54) is 11.1 Å². The molecule has 2 amide bonds. The second kappa shape index (κ2) is 21.3. The molecule has 0 radical (unpaired) electrons. The highest BCUT2D eigenvalue weighted by atomic mass is 31.2. The summed E-state index contributed by atoms with van der Waals surface area (Å²) in [6, 6.07) is -2.66. The third kappa shape index (κ3) is 14.3. The molecule has 52 heavy (non-hydrogen) atoms. The number of amides is 2. The molecule has 0 aliphatic carbocycles. The largest absolute Gasteiger partial charge is 0.479 e. The zero-order valence-electron chi connectivity index (χ0n) is 29.9. The second-order valence-corrected chi connectivity index (χ2v) is 14.3. The van der Waals surface area contributed by atoms with Gasteiger partial charge in [-0.05, 0) is 53.4 Å². The maximum atomic E-state index is 13.0. The number of carboxylic acids is 1. The number of hydrogen-bond donors (Lipinski definition) is 9. The van der Waals surface area contributed by atoms with Crippen LogP contribution in [0.1, 0.15) is 60.3 Å². The van der Waals surface area contributed by atoms with Crippen molar-refractivity contribution in [2.24, 2.45) is 11.5 Å². The molecule has 12 atom stereocenters. The first-order chi connectivity index (χ1) is 24.3. The fourth-order valence-electron chi connectivity index (χ4n) is 5.26. The molecule has 20 heteroatoms. The lowest BCUT2D eigenvalue weighted by atomic mass is 9.94. The first kappa shape index (κ1) is 45.5. The van der Waals surface area contributed by atoms with E-state index in [0.29, 0.717) is 6.42 Å². The zero-order chi connectivity index (χ0) is 39.3. The number of nitrogens with one attached hydrogen (secondary N) is 1. The van der Waals surface area contributed by atoms with E-state index in [4.69, 9.17) is 39.5 Å². The number of carbonyl (C=O) groups is 3. The van der Waals surface area contributed by atoms with E-state index in [9.17, 15) is 49.4 Å². The van der Waals surface area contributed by atoms with Crippen LogP contribution in [0.2, 0.25) is 0 Å². The number of hydrogen-bond acceptors (Lipinski definition) is 15. The molecule has 0 spiro atoms. The van der Waals surface area contributed by atoms with Crippen molar-refractivity contribution >= 4 is 25.6 Å². The smallest absolute Gasteiger partial charge is 0.474 e. The molecule has 2 aliphatic rings. The topological polar surface area (TPSA) is 309 Å². The molecule has 6 unspecified atom stereocenters. The van der Waals surface area contributed by atoms with Gasteiger partial charge in [0, 0.05) is 6.92 Å². The number of aliphatic carboxylic acids is 1. The SMILES string of the molecule is CC(=O)N[C@H]1C(N)[C@H](O)C(CO)O[C@H]1OC1[C@H](OP(=O)(O)OC[C@@H](OC/C=C(/C)CC/C=C(\C)CCC=C(C)C)C(=O)O)OC(C(N)=O)C(O)[C@@H]1O. The summed E-state index contributed by atoms with van der Waals surface area (Å²) in [5.41, 5.74) is 14.7. The minimum absolute atomic E-state index is 0.166. The third-order valence-electron chi connectivity index (χ3n) is 8.21. The third-order valence-corrected chi connectivity index (χ3v) is 9.16. The maximum Gasteiger partial charge on any atom is 0.474 e. The van der Waals surface area contributed by atoms with E-state index in [0.717, 1.165) is 31.8 Å². The van der Waals surface area contributed by atoms with Crippen molar-refractivity contribution in [1.29, 1.82) is 0 Å². The molecule has 19 nitrogen and oxygen atoms in total. The van der Waals surface area contributed by atoms with Gasteiger partial charge in [0.05, 0.1) is 38.0 Å². The van der Waals surface area contributed by atoms with E-state index >= 15 is 0 Å². The fraction of sp³-hybridized carbons (Fsp3) is 0.719. The number of ether oxygens (including phenoxy) is 4. The Morgan fingerprint density at radius 2 is 1.54 bits per heavy atom. The van der Waals surface area contributed by atoms with Crippen molar-refractivity contribution in [1.82, 2.24) is 5.32 Å². The van der Waals surface area contributed by atoms with Crippen molar-refractivity contribution in [2.45, 2.75) is 128 Å². The number of phosphoric ester groups is 1. The van der Waals surface area contributed by atoms with Crippen LogP contribution in [0.5, 0.6) is 0 Å². The highest BCUT2D eigenvalue weighted by Gasteiger charge is 2.53. The van der Waals surface area contributed by atoms with Crippen molar-refractivity contribution in [3.63, 3.8) is 0 Å². The lowest BCUT2D eigenvalue weighted by molar-refractivity contribution is -0.332. The van der Waals surface area contributed by atoms with Crippen LogP contribution in [0.4, 0.5) is 0 Å². The Bertz CT molecular complexity index is 1340. The number of aliphatic hydroxyl groups excluding tert-OH is 4. The van der Waals surface area contributed by atoms with E-state index in [1.807, 2.05) is 20.8 Å². The molecule has 0 aromatic rings. The molecule has 2 fully saturated rings. The summed E-state index contributed by atoms with van der Waals surface area (Å²) in [4.78, 5) is 46.2. The molecular formula is C32H54N3O16P. The Balaban J connectivity index is 2.13. The number of rotatable bonds is 20. The van der Waals surface area contributed by atoms with Gasteiger partial charge in [0.1, 0.15) is 24.4 Å². The standard InChI is InChI=1S/C32H54N3O16P/c1-16(2)8-6-9-17(3)10-7-11-18(4)12-13-46-21(30(42)43)15-47-52(44,45)51-32-28(26(40)25(39)27(49-32)29(34)41)50-31-23(35-19(5)37)22(33)24(38)20(14-36)48-31/h8,10,12,20-28,31-32,36,38-40H,6-7,9,11,13-15,33H2,1-5H3,(H2,34,41)(H,35,37)(H,42,43)(H,44,45)/b17-10+,18-12-/t20?,21-,22?,23+,24-,25?,26+,27?,28?,31+,32+/m1/s1. The van der Waals surface area contributed by atoms with Crippen LogP contribution >= 0.6 is 7.82 Å². The zero-order valence-corrected chi connectivity index (χ0v) is 30.8. The maximum absolute atomic E-state index is 13.0. The quantitative estimate of drug-likeness (QED) is 0.0543. The van der Waals surface area contributed by atoms with Gasteiger partial charge in [-0.15, -0.1) is 0 Å². The van der Waals surface area contributed by atoms with Crippen LogP contribution in [-0.4, -0.2) is 135 Å². The number of allylic oxidation sites excluding steroid dienone is 5. The first-order valence-electron chi connectivity index (χ1n) is 16.7. The summed E-state index contributed by atoms with van der Waals surface area (Å²) < 4.78 is 44.8. The number of primary amides is 1. The summed E-state index contributed by atoms with van der Waals surface area (Å²) in [7, 11) is -5.35. The minimum atomic E-state index is -5.35. The van der Waals surface area contributed by atoms with Gasteiger partial charge in [-0.2, -0.15) is 0 Å². The van der Waals surface area contributed by atoms with Gasteiger partial charge in [-0.1, -0.05) is 34.9 Å². The monoisotopic (exact) mass is 767 g/mol. The number of phosphoric acid groups is 1. The van der Waals surface area contributed by atoms with Crippen LogP contribution in [0.25, 0.3) is 0 Å². The summed E-state index contributed by atoms with van der Waals surface area (Å²) in [6.07, 6.45) is -7.43. The van der Waals surface area contributed by atoms with Gasteiger partial charge in [-0.3, -0.25) is 18.6 Å². The molecule has 298 valence electrons. The molecule has 0 aromatic heterocycles. The molecule has 0 aromatic carbocycles. The average Bonchev–Trinajstić information content (AvgIpc) is 3.04. The lowest BCUT2D eigenvalue weighted by Gasteiger charge is -2.47. The Morgan fingerprint density at radius 1 is 0.923 bits per heavy atom. The van der Waals surface area contributed by atoms with E-state index < -0.39 is 106 Å². The lowest BCUT2D eigenvalue weighted by Crippen LogP contribution is -2.70. The Hall–Kier alpha value is -2.62. The molecular weight excluding hydrogens is 713 g/mol. The van der Waals surface area contributed by atoms with Crippen molar-refractivity contribution in [3.8, 4) is 0 Å². The summed E-state index contributed by atoms with van der Waals surface area (Å²) >= 11 is 0. The van der Waals surface area contributed by atoms with E-state index in [2.05, 4.69) is 24.4 Å².